The van der Waals surface area contributed by atoms with Gasteiger partial charge in [-0.15, -0.1) is 0 Å². The first-order chi connectivity index (χ1) is 11.9. The molecule has 6 heteroatoms. The van der Waals surface area contributed by atoms with Gasteiger partial charge in [-0.05, 0) is 55.0 Å². The summed E-state index contributed by atoms with van der Waals surface area (Å²) in [5, 5.41) is 2.28. The molecule has 0 saturated carbocycles. The highest BCUT2D eigenvalue weighted by Gasteiger charge is 2.33. The van der Waals surface area contributed by atoms with E-state index in [2.05, 4.69) is 5.32 Å². The van der Waals surface area contributed by atoms with Gasteiger partial charge in [-0.3, -0.25) is 4.79 Å². The summed E-state index contributed by atoms with van der Waals surface area (Å²) < 4.78 is 44.4. The van der Waals surface area contributed by atoms with Crippen LogP contribution in [0.2, 0.25) is 0 Å². The predicted octanol–water partition coefficient (Wildman–Crippen LogP) is 4.60. The number of para-hydroxylation sites is 1. The van der Waals surface area contributed by atoms with Gasteiger partial charge >= 0.3 is 6.18 Å². The molecule has 0 aliphatic heterocycles. The van der Waals surface area contributed by atoms with Crippen LogP contribution in [0.25, 0.3) is 0 Å². The molecule has 132 valence electrons. The lowest BCUT2D eigenvalue weighted by Gasteiger charge is -2.19. The van der Waals surface area contributed by atoms with Gasteiger partial charge in [0.2, 0.25) is 0 Å². The van der Waals surface area contributed by atoms with E-state index >= 15 is 0 Å². The van der Waals surface area contributed by atoms with Crippen LogP contribution in [0.3, 0.4) is 0 Å². The Labute approximate surface area is 143 Å². The smallest absolute Gasteiger partial charge is 0.418 e. The average molecular weight is 349 g/mol. The van der Waals surface area contributed by atoms with E-state index in [1.54, 1.807) is 6.07 Å². The normalized spacial score (nSPS) is 13.9. The summed E-state index contributed by atoms with van der Waals surface area (Å²) in [5.41, 5.74) is 1.17. The number of fused-ring (bicyclic) bond motifs is 1. The first kappa shape index (κ1) is 17.3. The van der Waals surface area contributed by atoms with Gasteiger partial charge in [-0.25, -0.2) is 0 Å². The zero-order valence-corrected chi connectivity index (χ0v) is 13.5. The molecule has 0 spiro atoms. The van der Waals surface area contributed by atoms with Gasteiger partial charge in [0.15, 0.2) is 6.61 Å². The fourth-order valence-electron chi connectivity index (χ4n) is 3.05. The molecule has 1 aliphatic carbocycles. The zero-order chi connectivity index (χ0) is 17.9. The largest absolute Gasteiger partial charge is 0.483 e. The van der Waals surface area contributed by atoms with Crippen molar-refractivity contribution in [2.45, 2.75) is 31.9 Å². The van der Waals surface area contributed by atoms with Crippen LogP contribution in [-0.4, -0.2) is 12.5 Å². The molecule has 1 amide bonds. The zero-order valence-electron chi connectivity index (χ0n) is 13.5. The summed E-state index contributed by atoms with van der Waals surface area (Å²) in [6, 6.07) is 10.6. The number of nitrogens with one attached hydrogen (secondary N) is 1. The van der Waals surface area contributed by atoms with E-state index in [-0.39, 0.29) is 12.3 Å². The Morgan fingerprint density at radius 2 is 1.80 bits per heavy atom. The number of anilines is 1. The highest BCUT2D eigenvalue weighted by atomic mass is 19.4. The maximum Gasteiger partial charge on any atom is 0.418 e. The van der Waals surface area contributed by atoms with Gasteiger partial charge in [0.1, 0.15) is 5.75 Å². The van der Waals surface area contributed by atoms with Crippen molar-refractivity contribution in [3.63, 3.8) is 0 Å². The summed E-state index contributed by atoms with van der Waals surface area (Å²) in [6.45, 7) is -0.331. The standard InChI is InChI=1S/C19H18F3NO2/c20-19(21,22)15-9-3-4-10-16(15)23-18(24)12-25-17-11-5-7-13-6-1-2-8-14(13)17/h3-5,7,9-11H,1-2,6,8,12H2,(H,23,24). The van der Waals surface area contributed by atoms with Crippen molar-refractivity contribution in [1.29, 1.82) is 0 Å². The highest BCUT2D eigenvalue weighted by molar-refractivity contribution is 5.92. The fraction of sp³-hybridized carbons (Fsp3) is 0.316. The van der Waals surface area contributed by atoms with Crippen molar-refractivity contribution in [3.8, 4) is 5.75 Å². The molecule has 0 unspecified atom stereocenters. The Kier molecular flexibility index (Phi) is 4.97. The molecule has 2 aromatic carbocycles. The second-order valence-corrected chi connectivity index (χ2v) is 5.98. The van der Waals surface area contributed by atoms with E-state index in [0.717, 1.165) is 37.3 Å². The van der Waals surface area contributed by atoms with Crippen molar-refractivity contribution < 1.29 is 22.7 Å². The molecule has 0 bridgehead atoms. The van der Waals surface area contributed by atoms with Crippen molar-refractivity contribution in [1.82, 2.24) is 0 Å². The van der Waals surface area contributed by atoms with Crippen molar-refractivity contribution in [3.05, 3.63) is 59.2 Å². The number of amides is 1. The fourth-order valence-corrected chi connectivity index (χ4v) is 3.05. The highest BCUT2D eigenvalue weighted by Crippen LogP contribution is 2.34. The van der Waals surface area contributed by atoms with Crippen LogP contribution in [0.4, 0.5) is 18.9 Å². The van der Waals surface area contributed by atoms with Crippen LogP contribution < -0.4 is 10.1 Å². The lowest BCUT2D eigenvalue weighted by atomic mass is 9.91. The topological polar surface area (TPSA) is 38.3 Å². The number of alkyl halides is 3. The molecule has 2 aromatic rings. The number of halogens is 3. The molecule has 0 radical (unpaired) electrons. The van der Waals surface area contributed by atoms with Crippen molar-refractivity contribution >= 4 is 11.6 Å². The molecule has 0 saturated heterocycles. The SMILES string of the molecule is O=C(COc1cccc2c1CCCC2)Nc1ccccc1C(F)(F)F. The second-order valence-electron chi connectivity index (χ2n) is 5.98. The molecular weight excluding hydrogens is 331 g/mol. The van der Waals surface area contributed by atoms with E-state index in [1.807, 2.05) is 12.1 Å². The monoisotopic (exact) mass is 349 g/mol. The molecule has 3 nitrogen and oxygen atoms in total. The Morgan fingerprint density at radius 3 is 2.60 bits per heavy atom. The maximum atomic E-state index is 13.0. The third-order valence-electron chi connectivity index (χ3n) is 4.22. The minimum absolute atomic E-state index is 0.265. The van der Waals surface area contributed by atoms with Crippen LogP contribution in [0, 0.1) is 0 Å². The molecule has 1 aliphatic rings. The number of rotatable bonds is 4. The van der Waals surface area contributed by atoms with Gasteiger partial charge in [-0.2, -0.15) is 13.2 Å². The van der Waals surface area contributed by atoms with Crippen LogP contribution >= 0.6 is 0 Å². The van der Waals surface area contributed by atoms with E-state index in [9.17, 15) is 18.0 Å². The number of ether oxygens (including phenoxy) is 1. The quantitative estimate of drug-likeness (QED) is 0.876. The van der Waals surface area contributed by atoms with E-state index in [4.69, 9.17) is 4.74 Å². The summed E-state index contributed by atoms with van der Waals surface area (Å²) in [7, 11) is 0. The number of hydrogen-bond donors (Lipinski definition) is 1. The number of hydrogen-bond acceptors (Lipinski definition) is 2. The molecule has 25 heavy (non-hydrogen) atoms. The lowest BCUT2D eigenvalue weighted by molar-refractivity contribution is -0.137. The van der Waals surface area contributed by atoms with E-state index in [0.29, 0.717) is 5.75 Å². The summed E-state index contributed by atoms with van der Waals surface area (Å²) in [4.78, 5) is 12.0. The van der Waals surface area contributed by atoms with Gasteiger partial charge in [0.05, 0.1) is 11.3 Å². The van der Waals surface area contributed by atoms with Crippen molar-refractivity contribution in [2.75, 3.05) is 11.9 Å². The van der Waals surface area contributed by atoms with Crippen LogP contribution in [-0.2, 0) is 23.8 Å². The Bertz CT molecular complexity index is 772. The first-order valence-corrected chi connectivity index (χ1v) is 8.15. The molecule has 1 N–H and O–H groups in total. The molecule has 0 atom stereocenters. The third-order valence-corrected chi connectivity index (χ3v) is 4.22. The first-order valence-electron chi connectivity index (χ1n) is 8.15. The maximum absolute atomic E-state index is 13.0. The summed E-state index contributed by atoms with van der Waals surface area (Å²) in [5.74, 6) is 0.0153. The average Bonchev–Trinajstić information content (AvgIpc) is 2.59. The molecule has 0 fully saturated rings. The number of carbonyl (C=O) groups excluding carboxylic acids is 1. The number of carbonyl (C=O) groups is 1. The Balaban J connectivity index is 1.67. The predicted molar refractivity (Wildman–Crippen MR) is 88.7 cm³/mol. The summed E-state index contributed by atoms with van der Waals surface area (Å²) >= 11 is 0. The molecule has 0 heterocycles. The minimum Gasteiger partial charge on any atom is -0.483 e. The van der Waals surface area contributed by atoms with E-state index < -0.39 is 17.6 Å². The van der Waals surface area contributed by atoms with Crippen LogP contribution in [0.1, 0.15) is 29.5 Å². The number of benzene rings is 2. The Morgan fingerprint density at radius 1 is 1.04 bits per heavy atom. The van der Waals surface area contributed by atoms with Gasteiger partial charge in [0.25, 0.3) is 5.91 Å². The van der Waals surface area contributed by atoms with Crippen LogP contribution in [0.5, 0.6) is 5.75 Å². The Hall–Kier alpha value is -2.50. The summed E-state index contributed by atoms with van der Waals surface area (Å²) in [6.07, 6.45) is -0.450. The molecule has 3 rings (SSSR count). The van der Waals surface area contributed by atoms with Gasteiger partial charge in [-0.1, -0.05) is 24.3 Å². The van der Waals surface area contributed by atoms with E-state index in [1.165, 1.54) is 23.8 Å². The molecule has 0 aromatic heterocycles. The minimum atomic E-state index is -4.52. The third kappa shape index (κ3) is 4.13. The number of aryl methyl sites for hydroxylation is 1. The van der Waals surface area contributed by atoms with Crippen molar-refractivity contribution in [2.24, 2.45) is 0 Å². The van der Waals surface area contributed by atoms with Gasteiger partial charge < -0.3 is 10.1 Å². The van der Waals surface area contributed by atoms with Gasteiger partial charge in [0, 0.05) is 0 Å². The second kappa shape index (κ2) is 7.17. The molecular formula is C19H18F3NO2. The lowest BCUT2D eigenvalue weighted by Crippen LogP contribution is -2.22. The van der Waals surface area contributed by atoms with Crippen LogP contribution in [0.15, 0.2) is 42.5 Å².